The maximum atomic E-state index is 8.79. The van der Waals surface area contributed by atoms with E-state index in [1.165, 1.54) is 19.4 Å². The van der Waals surface area contributed by atoms with Crippen molar-refractivity contribution < 1.29 is 4.74 Å². The first-order chi connectivity index (χ1) is 11.3. The smallest absolute Gasteiger partial charge is 0.124 e. The molecule has 0 bridgehead atoms. The Morgan fingerprint density at radius 2 is 1.83 bits per heavy atom. The van der Waals surface area contributed by atoms with Crippen molar-refractivity contribution in [3.05, 3.63) is 29.8 Å². The lowest BCUT2D eigenvalue weighted by Gasteiger charge is -2.39. The van der Waals surface area contributed by atoms with Crippen LogP contribution in [0.4, 0.5) is 0 Å². The van der Waals surface area contributed by atoms with Crippen LogP contribution >= 0.6 is 0 Å². The summed E-state index contributed by atoms with van der Waals surface area (Å²) in [4.78, 5) is 2.41. The van der Waals surface area contributed by atoms with Gasteiger partial charge in [-0.2, -0.15) is 5.26 Å². The minimum absolute atomic E-state index is 0.292. The summed E-state index contributed by atoms with van der Waals surface area (Å²) < 4.78 is 5.81. The highest BCUT2D eigenvalue weighted by molar-refractivity contribution is 5.36. The second-order valence-corrected chi connectivity index (χ2v) is 4.49. The van der Waals surface area contributed by atoms with Crippen molar-refractivity contribution in [2.75, 3.05) is 19.6 Å². The van der Waals surface area contributed by atoms with Crippen LogP contribution in [0.5, 0.6) is 5.75 Å². The van der Waals surface area contributed by atoms with Gasteiger partial charge in [0.25, 0.3) is 0 Å². The van der Waals surface area contributed by atoms with E-state index in [2.05, 4.69) is 30.7 Å². The molecule has 0 N–H and O–H groups in total. The lowest BCUT2D eigenvalue weighted by atomic mass is 10.1. The zero-order valence-electron chi connectivity index (χ0n) is 15.4. The maximum absolute atomic E-state index is 8.79. The SMILES string of the molecule is C#C.CC.CC.CCCCN1CC(Oc2cccc(C#N)c2)C1. The summed E-state index contributed by atoms with van der Waals surface area (Å²) >= 11 is 0. The van der Waals surface area contributed by atoms with E-state index in [1.54, 1.807) is 12.1 Å². The second-order valence-electron chi connectivity index (χ2n) is 4.49. The van der Waals surface area contributed by atoms with Crippen molar-refractivity contribution >= 4 is 0 Å². The largest absolute Gasteiger partial charge is 0.488 e. The van der Waals surface area contributed by atoms with Crippen molar-refractivity contribution in [3.63, 3.8) is 0 Å². The van der Waals surface area contributed by atoms with Crippen LogP contribution in [0.1, 0.15) is 53.0 Å². The summed E-state index contributed by atoms with van der Waals surface area (Å²) in [6.07, 6.45) is 10.8. The summed E-state index contributed by atoms with van der Waals surface area (Å²) in [5.41, 5.74) is 0.657. The average Bonchev–Trinajstić information content (AvgIpc) is 2.62. The minimum Gasteiger partial charge on any atom is -0.488 e. The molecule has 23 heavy (non-hydrogen) atoms. The zero-order valence-corrected chi connectivity index (χ0v) is 15.4. The number of likely N-dealkylation sites (tertiary alicyclic amines) is 1. The summed E-state index contributed by atoms with van der Waals surface area (Å²) in [6.45, 7) is 13.4. The zero-order chi connectivity index (χ0) is 18.1. The van der Waals surface area contributed by atoms with E-state index in [0.29, 0.717) is 11.7 Å². The van der Waals surface area contributed by atoms with E-state index in [9.17, 15) is 0 Å². The van der Waals surface area contributed by atoms with Crippen molar-refractivity contribution in [2.45, 2.75) is 53.6 Å². The number of nitrogens with zero attached hydrogens (tertiary/aromatic N) is 2. The standard InChI is InChI=1S/C14H18N2O.2C2H6.C2H2/c1-2-3-7-16-10-14(11-16)17-13-6-4-5-12(8-13)9-15;3*1-2/h4-6,8,14H,2-3,7,10-11H2,1H3;2*1-2H3;1-2H. The molecule has 3 nitrogen and oxygen atoms in total. The fourth-order valence-corrected chi connectivity index (χ4v) is 1.99. The quantitative estimate of drug-likeness (QED) is 0.737. The molecule has 0 saturated carbocycles. The normalized spacial score (nSPS) is 12.6. The molecular weight excluding hydrogens is 284 g/mol. The van der Waals surface area contributed by atoms with E-state index >= 15 is 0 Å². The number of unbranched alkanes of at least 4 members (excludes halogenated alkanes) is 1. The van der Waals surface area contributed by atoms with Crippen LogP contribution in [0.25, 0.3) is 0 Å². The first-order valence-electron chi connectivity index (χ1n) is 8.54. The number of benzene rings is 1. The third-order valence-electron chi connectivity index (χ3n) is 3.02. The summed E-state index contributed by atoms with van der Waals surface area (Å²) in [5.74, 6) is 0.809. The molecule has 1 fully saturated rings. The summed E-state index contributed by atoms with van der Waals surface area (Å²) in [5, 5.41) is 8.79. The number of hydrogen-bond donors (Lipinski definition) is 0. The molecule has 0 aliphatic carbocycles. The Kier molecular flexibility index (Phi) is 16.6. The Morgan fingerprint density at radius 3 is 2.35 bits per heavy atom. The average molecular weight is 316 g/mol. The van der Waals surface area contributed by atoms with Gasteiger partial charge in [-0.05, 0) is 31.2 Å². The van der Waals surface area contributed by atoms with Crippen molar-refractivity contribution in [3.8, 4) is 24.7 Å². The van der Waals surface area contributed by atoms with Gasteiger partial charge in [-0.3, -0.25) is 4.90 Å². The molecular formula is C20H32N2O. The molecule has 0 unspecified atom stereocenters. The van der Waals surface area contributed by atoms with Crippen LogP contribution in [0.15, 0.2) is 24.3 Å². The number of hydrogen-bond acceptors (Lipinski definition) is 3. The van der Waals surface area contributed by atoms with Crippen molar-refractivity contribution in [2.24, 2.45) is 0 Å². The lowest BCUT2D eigenvalue weighted by Crippen LogP contribution is -2.53. The van der Waals surface area contributed by atoms with Gasteiger partial charge in [-0.15, -0.1) is 12.8 Å². The van der Waals surface area contributed by atoms with Crippen molar-refractivity contribution in [1.29, 1.82) is 5.26 Å². The Bertz CT molecular complexity index is 442. The molecule has 1 heterocycles. The topological polar surface area (TPSA) is 36.3 Å². The van der Waals surface area contributed by atoms with Gasteiger partial charge in [0, 0.05) is 13.1 Å². The third-order valence-corrected chi connectivity index (χ3v) is 3.02. The summed E-state index contributed by atoms with van der Waals surface area (Å²) in [6, 6.07) is 9.49. The molecule has 128 valence electrons. The third kappa shape index (κ3) is 9.61. The van der Waals surface area contributed by atoms with Crippen LogP contribution in [-0.2, 0) is 0 Å². The molecule has 1 aromatic rings. The van der Waals surface area contributed by atoms with E-state index in [1.807, 2.05) is 39.8 Å². The molecule has 0 aromatic heterocycles. The van der Waals surface area contributed by atoms with E-state index < -0.39 is 0 Å². The molecule has 2 rings (SSSR count). The predicted octanol–water partition coefficient (Wildman–Crippen LogP) is 4.72. The lowest BCUT2D eigenvalue weighted by molar-refractivity contribution is 0.0193. The first-order valence-corrected chi connectivity index (χ1v) is 8.54. The summed E-state index contributed by atoms with van der Waals surface area (Å²) in [7, 11) is 0. The monoisotopic (exact) mass is 316 g/mol. The van der Waals surface area contributed by atoms with Crippen molar-refractivity contribution in [1.82, 2.24) is 4.90 Å². The highest BCUT2D eigenvalue weighted by Gasteiger charge is 2.27. The van der Waals surface area contributed by atoms with Gasteiger partial charge in [-0.25, -0.2) is 0 Å². The fourth-order valence-electron chi connectivity index (χ4n) is 1.99. The van der Waals surface area contributed by atoms with E-state index in [-0.39, 0.29) is 0 Å². The Hall–Kier alpha value is -1.97. The molecule has 1 saturated heterocycles. The number of nitriles is 1. The van der Waals surface area contributed by atoms with Crippen LogP contribution in [0.3, 0.4) is 0 Å². The van der Waals surface area contributed by atoms with Gasteiger partial charge in [0.15, 0.2) is 0 Å². The van der Waals surface area contributed by atoms with Gasteiger partial charge in [0.2, 0.25) is 0 Å². The predicted molar refractivity (Wildman–Crippen MR) is 99.5 cm³/mol. The first kappa shape index (κ1) is 23.3. The minimum atomic E-state index is 0.292. The molecule has 1 aliphatic rings. The molecule has 0 radical (unpaired) electrons. The number of ether oxygens (including phenoxy) is 1. The van der Waals surface area contributed by atoms with Gasteiger partial charge in [0.1, 0.15) is 11.9 Å². The van der Waals surface area contributed by atoms with Crippen LogP contribution < -0.4 is 4.74 Å². The van der Waals surface area contributed by atoms with Crippen LogP contribution in [-0.4, -0.2) is 30.6 Å². The number of rotatable bonds is 5. The van der Waals surface area contributed by atoms with Gasteiger partial charge in [-0.1, -0.05) is 47.1 Å². The fraction of sp³-hybridized carbons (Fsp3) is 0.550. The molecule has 0 atom stereocenters. The second kappa shape index (κ2) is 16.4. The maximum Gasteiger partial charge on any atom is 0.124 e. The molecule has 1 aromatic carbocycles. The van der Waals surface area contributed by atoms with Gasteiger partial charge < -0.3 is 4.74 Å². The van der Waals surface area contributed by atoms with Crippen LogP contribution in [0.2, 0.25) is 0 Å². The number of terminal acetylenes is 1. The molecule has 3 heteroatoms. The highest BCUT2D eigenvalue weighted by Crippen LogP contribution is 2.19. The molecule has 0 spiro atoms. The van der Waals surface area contributed by atoms with Gasteiger partial charge >= 0.3 is 0 Å². The van der Waals surface area contributed by atoms with E-state index in [4.69, 9.17) is 10.00 Å². The van der Waals surface area contributed by atoms with Gasteiger partial charge in [0.05, 0.1) is 11.6 Å². The highest BCUT2D eigenvalue weighted by atomic mass is 16.5. The Labute approximate surface area is 143 Å². The molecule has 0 amide bonds. The Balaban J connectivity index is 0. The Morgan fingerprint density at radius 1 is 1.22 bits per heavy atom. The molecule has 1 aliphatic heterocycles. The van der Waals surface area contributed by atoms with Crippen LogP contribution in [0, 0.1) is 24.2 Å². The van der Waals surface area contributed by atoms with E-state index in [0.717, 1.165) is 18.8 Å².